The number of rotatable bonds is 9. The number of carbonyl (C=O) groups excluding carboxylic acids is 3. The second kappa shape index (κ2) is 12.2. The highest BCUT2D eigenvalue weighted by Gasteiger charge is 2.14. The van der Waals surface area contributed by atoms with E-state index >= 15 is 0 Å². The summed E-state index contributed by atoms with van der Waals surface area (Å²) in [6, 6.07) is 20.1. The summed E-state index contributed by atoms with van der Waals surface area (Å²) in [6.45, 7) is 3.19. The molecule has 40 heavy (non-hydrogen) atoms. The topological polar surface area (TPSA) is 136 Å². The number of carbonyl (C=O) groups is 3. The van der Waals surface area contributed by atoms with Gasteiger partial charge in [0.25, 0.3) is 5.91 Å². The molecule has 2 aliphatic heterocycles. The molecule has 3 aromatic carbocycles. The fraction of sp³-hybridized carbons (Fsp3) is 0.233. The van der Waals surface area contributed by atoms with Gasteiger partial charge in [-0.05, 0) is 29.3 Å². The van der Waals surface area contributed by atoms with Crippen LogP contribution in [0.25, 0.3) is 0 Å². The van der Waals surface area contributed by atoms with Crippen LogP contribution in [-0.2, 0) is 22.4 Å². The Labute approximate surface area is 232 Å². The zero-order valence-corrected chi connectivity index (χ0v) is 22.2. The molecule has 0 atom stereocenters. The predicted octanol–water partition coefficient (Wildman–Crippen LogP) is 2.11. The lowest BCUT2D eigenvalue weighted by Crippen LogP contribution is -2.21. The van der Waals surface area contributed by atoms with Crippen molar-refractivity contribution in [3.05, 3.63) is 94.5 Å². The molecule has 0 bridgehead atoms. The number of hydrogen-bond donors (Lipinski definition) is 5. The van der Waals surface area contributed by atoms with Crippen molar-refractivity contribution < 1.29 is 14.4 Å². The van der Waals surface area contributed by atoms with E-state index in [1.807, 2.05) is 48.5 Å². The summed E-state index contributed by atoms with van der Waals surface area (Å²) in [6.07, 6.45) is 0.314. The molecule has 5 N–H and O–H groups in total. The Hall–Kier alpha value is -4.99. The molecule has 204 valence electrons. The SMILES string of the molecule is CNC(=O)c1cc(NC(=O)Cc2ccc(C3=NCCN3)cc2)cc(NC(=O)Cc2ccc(C3=NCCN3)cc2)c1. The van der Waals surface area contributed by atoms with Gasteiger partial charge in [0.05, 0.1) is 25.9 Å². The van der Waals surface area contributed by atoms with Gasteiger partial charge in [0.1, 0.15) is 11.7 Å². The number of amides is 3. The quantitative estimate of drug-likeness (QED) is 0.285. The first-order valence-corrected chi connectivity index (χ1v) is 13.2. The number of nitrogens with one attached hydrogen (secondary N) is 5. The molecular weight excluding hydrogens is 506 g/mol. The molecule has 0 radical (unpaired) electrons. The third-order valence-corrected chi connectivity index (χ3v) is 6.52. The number of hydrogen-bond acceptors (Lipinski definition) is 7. The average molecular weight is 538 g/mol. The lowest BCUT2D eigenvalue weighted by Gasteiger charge is -2.12. The van der Waals surface area contributed by atoms with Crippen molar-refractivity contribution in [1.82, 2.24) is 16.0 Å². The Balaban J connectivity index is 1.23. The van der Waals surface area contributed by atoms with Crippen LogP contribution in [0.3, 0.4) is 0 Å². The summed E-state index contributed by atoms with van der Waals surface area (Å²) in [7, 11) is 1.53. The molecule has 5 rings (SSSR count). The van der Waals surface area contributed by atoms with Crippen LogP contribution in [0, 0.1) is 0 Å². The zero-order chi connectivity index (χ0) is 27.9. The highest BCUT2D eigenvalue weighted by atomic mass is 16.2. The fourth-order valence-electron chi connectivity index (χ4n) is 4.57. The van der Waals surface area contributed by atoms with Gasteiger partial charge in [-0.1, -0.05) is 48.5 Å². The fourth-order valence-corrected chi connectivity index (χ4v) is 4.57. The van der Waals surface area contributed by atoms with Crippen LogP contribution < -0.4 is 26.6 Å². The monoisotopic (exact) mass is 537 g/mol. The molecule has 0 spiro atoms. The molecule has 0 fully saturated rings. The van der Waals surface area contributed by atoms with Gasteiger partial charge in [-0.3, -0.25) is 24.4 Å². The number of nitrogens with zero attached hydrogens (tertiary/aromatic N) is 2. The minimum absolute atomic E-state index is 0.157. The summed E-state index contributed by atoms with van der Waals surface area (Å²) in [5, 5.41) is 14.8. The van der Waals surface area contributed by atoms with E-state index in [9.17, 15) is 14.4 Å². The predicted molar refractivity (Wildman–Crippen MR) is 156 cm³/mol. The molecular formula is C30H31N7O3. The second-order valence-electron chi connectivity index (χ2n) is 9.54. The van der Waals surface area contributed by atoms with Crippen LogP contribution in [0.4, 0.5) is 11.4 Å². The van der Waals surface area contributed by atoms with Crippen molar-refractivity contribution in [2.24, 2.45) is 9.98 Å². The molecule has 0 saturated heterocycles. The van der Waals surface area contributed by atoms with E-state index in [1.54, 1.807) is 18.2 Å². The Morgan fingerprint density at radius 2 is 1.15 bits per heavy atom. The normalized spacial score (nSPS) is 13.9. The van der Waals surface area contributed by atoms with E-state index in [0.717, 1.165) is 60.1 Å². The lowest BCUT2D eigenvalue weighted by molar-refractivity contribution is -0.116. The van der Waals surface area contributed by atoms with Gasteiger partial charge in [0.15, 0.2) is 0 Å². The summed E-state index contributed by atoms with van der Waals surface area (Å²) in [5.74, 6) is 0.924. The molecule has 0 unspecified atom stereocenters. The number of anilines is 2. The van der Waals surface area contributed by atoms with Gasteiger partial charge >= 0.3 is 0 Å². The van der Waals surface area contributed by atoms with Gasteiger partial charge in [0.2, 0.25) is 11.8 Å². The smallest absolute Gasteiger partial charge is 0.251 e. The van der Waals surface area contributed by atoms with Gasteiger partial charge in [-0.25, -0.2) is 0 Å². The van der Waals surface area contributed by atoms with Gasteiger partial charge in [-0.15, -0.1) is 0 Å². The summed E-state index contributed by atoms with van der Waals surface area (Å²) >= 11 is 0. The van der Waals surface area contributed by atoms with E-state index in [0.29, 0.717) is 16.9 Å². The zero-order valence-electron chi connectivity index (χ0n) is 22.2. The maximum absolute atomic E-state index is 12.8. The van der Waals surface area contributed by atoms with Crippen LogP contribution >= 0.6 is 0 Å². The minimum Gasteiger partial charge on any atom is -0.368 e. The molecule has 3 aromatic rings. The summed E-state index contributed by atoms with van der Waals surface area (Å²) in [5.41, 5.74) is 4.80. The van der Waals surface area contributed by atoms with Crippen LogP contribution in [0.1, 0.15) is 32.6 Å². The van der Waals surface area contributed by atoms with Crippen LogP contribution in [0.2, 0.25) is 0 Å². The van der Waals surface area contributed by atoms with Crippen molar-refractivity contribution in [1.29, 1.82) is 0 Å². The van der Waals surface area contributed by atoms with Crippen molar-refractivity contribution in [2.75, 3.05) is 43.9 Å². The Kier molecular flexibility index (Phi) is 8.15. The standard InChI is InChI=1S/C30H31N7O3/c1-31-30(40)23-16-24(36-26(38)14-19-2-6-21(7-3-19)28-32-10-11-33-28)18-25(17-23)37-27(39)15-20-4-8-22(9-5-20)29-34-12-13-35-29/h2-9,16-18H,10-15H2,1H3,(H,31,40)(H,32,33)(H,34,35)(H,36,38)(H,37,39). The molecule has 10 heteroatoms. The molecule has 2 heterocycles. The largest absolute Gasteiger partial charge is 0.368 e. The van der Waals surface area contributed by atoms with Crippen molar-refractivity contribution in [3.63, 3.8) is 0 Å². The van der Waals surface area contributed by atoms with E-state index in [2.05, 4.69) is 36.6 Å². The third-order valence-electron chi connectivity index (χ3n) is 6.52. The lowest BCUT2D eigenvalue weighted by atomic mass is 10.1. The molecule has 10 nitrogen and oxygen atoms in total. The van der Waals surface area contributed by atoms with Gasteiger partial charge in [0, 0.05) is 48.2 Å². The van der Waals surface area contributed by atoms with E-state index < -0.39 is 0 Å². The third kappa shape index (κ3) is 6.71. The summed E-state index contributed by atoms with van der Waals surface area (Å²) in [4.78, 5) is 46.9. The first kappa shape index (κ1) is 26.6. The van der Waals surface area contributed by atoms with E-state index in [1.165, 1.54) is 7.05 Å². The van der Waals surface area contributed by atoms with E-state index in [-0.39, 0.29) is 30.6 Å². The highest BCUT2D eigenvalue weighted by molar-refractivity contribution is 6.02. The Bertz CT molecular complexity index is 1380. The first-order chi connectivity index (χ1) is 19.5. The Morgan fingerprint density at radius 3 is 1.52 bits per heavy atom. The first-order valence-electron chi connectivity index (χ1n) is 13.2. The van der Waals surface area contributed by atoms with Crippen LogP contribution in [0.5, 0.6) is 0 Å². The summed E-state index contributed by atoms with van der Waals surface area (Å²) < 4.78 is 0. The average Bonchev–Trinajstić information content (AvgIpc) is 3.68. The molecule has 2 aliphatic rings. The molecule has 0 saturated carbocycles. The number of amidine groups is 2. The number of aliphatic imine (C=N–C) groups is 2. The minimum atomic E-state index is -0.329. The van der Waals surface area contributed by atoms with Gasteiger partial charge < -0.3 is 26.6 Å². The van der Waals surface area contributed by atoms with E-state index in [4.69, 9.17) is 0 Å². The van der Waals surface area contributed by atoms with Crippen molar-refractivity contribution >= 4 is 40.8 Å². The molecule has 0 aliphatic carbocycles. The van der Waals surface area contributed by atoms with Crippen LogP contribution in [0.15, 0.2) is 76.7 Å². The maximum Gasteiger partial charge on any atom is 0.251 e. The Morgan fingerprint density at radius 1 is 0.700 bits per heavy atom. The number of benzene rings is 3. The van der Waals surface area contributed by atoms with Crippen molar-refractivity contribution in [2.45, 2.75) is 12.8 Å². The highest BCUT2D eigenvalue weighted by Crippen LogP contribution is 2.21. The molecule has 3 amide bonds. The maximum atomic E-state index is 12.8. The van der Waals surface area contributed by atoms with Crippen LogP contribution in [-0.4, -0.2) is 62.6 Å². The van der Waals surface area contributed by atoms with Gasteiger partial charge in [-0.2, -0.15) is 0 Å². The second-order valence-corrected chi connectivity index (χ2v) is 9.54. The van der Waals surface area contributed by atoms with Crippen molar-refractivity contribution in [3.8, 4) is 0 Å². The molecule has 0 aromatic heterocycles.